The first-order valence-corrected chi connectivity index (χ1v) is 9.62. The van der Waals surface area contributed by atoms with Crippen molar-refractivity contribution >= 4 is 19.2 Å². The van der Waals surface area contributed by atoms with E-state index in [0.717, 1.165) is 0 Å². The van der Waals surface area contributed by atoms with Crippen LogP contribution in [0.25, 0.3) is 0 Å². The number of benzene rings is 1. The summed E-state index contributed by atoms with van der Waals surface area (Å²) in [6, 6.07) is 7.56. The number of hydrogen-bond acceptors (Lipinski definition) is 3. The molecule has 0 N–H and O–H groups in total. The van der Waals surface area contributed by atoms with Gasteiger partial charge in [-0.2, -0.15) is 4.89 Å². The molecule has 0 unspecified atom stereocenters. The van der Waals surface area contributed by atoms with Crippen LogP contribution in [0.15, 0.2) is 24.3 Å². The van der Waals surface area contributed by atoms with E-state index in [4.69, 9.17) is 4.89 Å². The lowest BCUT2D eigenvalue weighted by molar-refractivity contribution is -0.217. The Labute approximate surface area is 110 Å². The van der Waals surface area contributed by atoms with Crippen molar-refractivity contribution in [3.05, 3.63) is 36.4 Å². The number of carbonyl (C=O) groups excluding carboxylic acids is 1. The van der Waals surface area contributed by atoms with Gasteiger partial charge in [-0.1, -0.05) is 50.8 Å². The summed E-state index contributed by atoms with van der Waals surface area (Å²) >= 11 is 0. The van der Waals surface area contributed by atoms with Gasteiger partial charge in [0.1, 0.15) is 6.61 Å². The lowest BCUT2D eigenvalue weighted by Crippen LogP contribution is -2.37. The quantitative estimate of drug-likeness (QED) is 0.466. The predicted molar refractivity (Wildman–Crippen MR) is 75.1 cm³/mol. The summed E-state index contributed by atoms with van der Waals surface area (Å²) in [7, 11) is -1.32. The van der Waals surface area contributed by atoms with Crippen LogP contribution >= 0.6 is 0 Å². The summed E-state index contributed by atoms with van der Waals surface area (Å²) < 4.78 is 0. The zero-order chi connectivity index (χ0) is 13.8. The number of hydrogen-bond donors (Lipinski definition) is 0. The topological polar surface area (TPSA) is 35.5 Å². The second-order valence-electron chi connectivity index (χ2n) is 5.67. The Hall–Kier alpha value is -1.13. The smallest absolute Gasteiger partial charge is 0.292 e. The van der Waals surface area contributed by atoms with E-state index in [1.54, 1.807) is 12.1 Å². The average molecular weight is 265 g/mol. The molecular weight excluding hydrogens is 244 g/mol. The molecule has 0 spiro atoms. The molecule has 0 saturated carbocycles. The van der Waals surface area contributed by atoms with Crippen molar-refractivity contribution in [2.75, 3.05) is 0 Å². The van der Waals surface area contributed by atoms with Gasteiger partial charge in [-0.05, 0) is 18.1 Å². The first-order chi connectivity index (χ1) is 8.30. The van der Waals surface area contributed by atoms with E-state index in [1.165, 1.54) is 11.8 Å². The molecular formula is C14H21O3Si. The minimum Gasteiger partial charge on any atom is -0.292 e. The molecule has 0 atom stereocenters. The molecule has 1 rings (SSSR count). The van der Waals surface area contributed by atoms with Crippen molar-refractivity contribution in [3.8, 4) is 0 Å². The fourth-order valence-corrected chi connectivity index (χ4v) is 2.50. The molecule has 1 aromatic carbocycles. The van der Waals surface area contributed by atoms with Crippen LogP contribution in [0.1, 0.15) is 24.2 Å². The van der Waals surface area contributed by atoms with E-state index in [9.17, 15) is 4.79 Å². The van der Waals surface area contributed by atoms with E-state index in [2.05, 4.69) is 24.5 Å². The van der Waals surface area contributed by atoms with Crippen LogP contribution in [0.2, 0.25) is 19.6 Å². The third-order valence-electron chi connectivity index (χ3n) is 2.44. The van der Waals surface area contributed by atoms with Gasteiger partial charge in [-0.25, -0.2) is 4.79 Å². The van der Waals surface area contributed by atoms with Crippen LogP contribution in [-0.2, 0) is 9.78 Å². The highest BCUT2D eigenvalue weighted by molar-refractivity contribution is 6.88. The van der Waals surface area contributed by atoms with E-state index >= 15 is 0 Å². The maximum absolute atomic E-state index is 11.6. The zero-order valence-electron chi connectivity index (χ0n) is 11.7. The van der Waals surface area contributed by atoms with Crippen LogP contribution in [0.4, 0.5) is 0 Å². The number of rotatable bonds is 5. The van der Waals surface area contributed by atoms with Gasteiger partial charge < -0.3 is 0 Å². The van der Waals surface area contributed by atoms with E-state index in [-0.39, 0.29) is 5.92 Å². The van der Waals surface area contributed by atoms with Gasteiger partial charge in [0.2, 0.25) is 0 Å². The Morgan fingerprint density at radius 3 is 2.17 bits per heavy atom. The SMILES string of the molecule is CC(C)[CH]OOC(=O)c1ccc([Si](C)(C)C)cc1. The minimum atomic E-state index is -1.32. The molecule has 3 nitrogen and oxygen atoms in total. The maximum atomic E-state index is 11.6. The van der Waals surface area contributed by atoms with Crippen molar-refractivity contribution < 1.29 is 14.6 Å². The van der Waals surface area contributed by atoms with Crippen molar-refractivity contribution in [2.24, 2.45) is 5.92 Å². The summed E-state index contributed by atoms with van der Waals surface area (Å²) in [5.41, 5.74) is 0.508. The van der Waals surface area contributed by atoms with Gasteiger partial charge in [0.15, 0.2) is 0 Å². The average Bonchev–Trinajstić information content (AvgIpc) is 2.27. The maximum Gasteiger partial charge on any atom is 0.373 e. The molecule has 1 radical (unpaired) electrons. The van der Waals surface area contributed by atoms with Gasteiger partial charge in [0.25, 0.3) is 0 Å². The monoisotopic (exact) mass is 265 g/mol. The molecule has 0 amide bonds. The predicted octanol–water partition coefficient (Wildman–Crippen LogP) is 3.14. The molecule has 0 heterocycles. The zero-order valence-corrected chi connectivity index (χ0v) is 12.7. The Morgan fingerprint density at radius 1 is 1.17 bits per heavy atom. The third kappa shape index (κ3) is 4.62. The summed E-state index contributed by atoms with van der Waals surface area (Å²) in [6.45, 7) is 12.2. The van der Waals surface area contributed by atoms with Crippen molar-refractivity contribution in [3.63, 3.8) is 0 Å². The second-order valence-corrected chi connectivity index (χ2v) is 10.8. The Bertz CT molecular complexity index is 390. The molecule has 4 heteroatoms. The first-order valence-electron chi connectivity index (χ1n) is 6.12. The second kappa shape index (κ2) is 6.16. The Balaban J connectivity index is 2.60. The van der Waals surface area contributed by atoms with Crippen LogP contribution in [-0.4, -0.2) is 14.0 Å². The molecule has 0 saturated heterocycles. The van der Waals surface area contributed by atoms with Gasteiger partial charge in [-0.3, -0.25) is 4.89 Å². The van der Waals surface area contributed by atoms with Crippen LogP contribution in [0.3, 0.4) is 0 Å². The summed E-state index contributed by atoms with van der Waals surface area (Å²) in [5.74, 6) is -0.249. The minimum absolute atomic E-state index is 0.215. The van der Waals surface area contributed by atoms with Gasteiger partial charge in [0, 0.05) is 0 Å². The van der Waals surface area contributed by atoms with Gasteiger partial charge in [-0.15, -0.1) is 0 Å². The molecule has 0 aromatic heterocycles. The normalized spacial score (nSPS) is 11.7. The first kappa shape index (κ1) is 14.9. The van der Waals surface area contributed by atoms with Crippen LogP contribution in [0, 0.1) is 12.5 Å². The lowest BCUT2D eigenvalue weighted by atomic mass is 10.2. The van der Waals surface area contributed by atoms with Crippen molar-refractivity contribution in [1.29, 1.82) is 0 Å². The standard InChI is InChI=1S/C14H21O3Si/c1-11(2)10-16-17-14(15)12-6-8-13(9-7-12)18(3,4)5/h6-11H,1-5H3. The molecule has 0 aliphatic rings. The highest BCUT2D eigenvalue weighted by Crippen LogP contribution is 2.07. The molecule has 1 aromatic rings. The summed E-state index contributed by atoms with van der Waals surface area (Å²) in [5, 5.41) is 1.31. The van der Waals surface area contributed by atoms with E-state index < -0.39 is 14.0 Å². The molecule has 0 bridgehead atoms. The van der Waals surface area contributed by atoms with Gasteiger partial charge in [0.05, 0.1) is 13.6 Å². The molecule has 18 heavy (non-hydrogen) atoms. The fourth-order valence-electron chi connectivity index (χ4n) is 1.34. The third-order valence-corrected chi connectivity index (χ3v) is 4.50. The van der Waals surface area contributed by atoms with E-state index in [0.29, 0.717) is 5.56 Å². The summed E-state index contributed by atoms with van der Waals surface area (Å²) in [4.78, 5) is 21.1. The van der Waals surface area contributed by atoms with Crippen molar-refractivity contribution in [1.82, 2.24) is 0 Å². The Morgan fingerprint density at radius 2 is 1.72 bits per heavy atom. The fraction of sp³-hybridized carbons (Fsp3) is 0.429. The molecule has 0 aliphatic carbocycles. The molecule has 0 fully saturated rings. The highest BCUT2D eigenvalue weighted by Gasteiger charge is 2.17. The van der Waals surface area contributed by atoms with Crippen molar-refractivity contribution in [2.45, 2.75) is 33.5 Å². The largest absolute Gasteiger partial charge is 0.373 e. The highest BCUT2D eigenvalue weighted by atomic mass is 28.3. The van der Waals surface area contributed by atoms with Crippen LogP contribution < -0.4 is 5.19 Å². The molecule has 99 valence electrons. The van der Waals surface area contributed by atoms with E-state index in [1.807, 2.05) is 26.0 Å². The van der Waals surface area contributed by atoms with Gasteiger partial charge >= 0.3 is 5.97 Å². The Kier molecular flexibility index (Phi) is 5.11. The summed E-state index contributed by atoms with van der Waals surface area (Å²) in [6.07, 6.45) is 0. The lowest BCUT2D eigenvalue weighted by Gasteiger charge is -2.16. The van der Waals surface area contributed by atoms with Crippen LogP contribution in [0.5, 0.6) is 0 Å². The number of carbonyl (C=O) groups is 1. The molecule has 0 aliphatic heterocycles.